The summed E-state index contributed by atoms with van der Waals surface area (Å²) in [6.45, 7) is 0.260. The van der Waals surface area contributed by atoms with E-state index < -0.39 is 11.2 Å². The summed E-state index contributed by atoms with van der Waals surface area (Å²) in [5, 5.41) is 10.7. The van der Waals surface area contributed by atoms with Crippen molar-refractivity contribution in [2.45, 2.75) is 44.4 Å². The molecule has 7 heteroatoms. The number of benzene rings is 1. The zero-order valence-electron chi connectivity index (χ0n) is 14.0. The van der Waals surface area contributed by atoms with Crippen LogP contribution in [0.2, 0.25) is 5.02 Å². The van der Waals surface area contributed by atoms with Crippen molar-refractivity contribution in [2.75, 3.05) is 7.11 Å². The molecule has 25 heavy (non-hydrogen) atoms. The normalized spacial score (nSPS) is 20.1. The van der Waals surface area contributed by atoms with Crippen LogP contribution in [0, 0.1) is 0 Å². The number of aromatic nitrogens is 2. The molecule has 1 aromatic heterocycles. The first-order valence-electron chi connectivity index (χ1n) is 8.34. The number of halogens is 1. The van der Waals surface area contributed by atoms with E-state index >= 15 is 0 Å². The maximum Gasteiger partial charge on any atom is 0.334 e. The van der Waals surface area contributed by atoms with Gasteiger partial charge in [-0.15, -0.1) is 0 Å². The number of methoxy groups -OCH3 is 1. The molecule has 1 aliphatic rings. The van der Waals surface area contributed by atoms with Crippen molar-refractivity contribution in [1.29, 1.82) is 0 Å². The Morgan fingerprint density at radius 3 is 2.80 bits per heavy atom. The Kier molecular flexibility index (Phi) is 5.30. The summed E-state index contributed by atoms with van der Waals surface area (Å²) in [5.41, 5.74) is -0.0383. The van der Waals surface area contributed by atoms with Gasteiger partial charge in [0.15, 0.2) is 0 Å². The van der Waals surface area contributed by atoms with E-state index in [9.17, 15) is 14.7 Å². The van der Waals surface area contributed by atoms with Crippen LogP contribution in [0.15, 0.2) is 39.9 Å². The fraction of sp³-hybridized carbons (Fsp3) is 0.444. The maximum atomic E-state index is 12.8. The van der Waals surface area contributed by atoms with E-state index in [4.69, 9.17) is 16.3 Å². The smallest absolute Gasteiger partial charge is 0.334 e. The highest BCUT2D eigenvalue weighted by Crippen LogP contribution is 2.30. The molecule has 1 fully saturated rings. The van der Waals surface area contributed by atoms with Crippen LogP contribution in [0.5, 0.6) is 5.88 Å². The molecule has 1 N–H and O–H groups in total. The Hall–Kier alpha value is -2.05. The van der Waals surface area contributed by atoms with Gasteiger partial charge in [0.05, 0.1) is 18.2 Å². The van der Waals surface area contributed by atoms with Crippen molar-refractivity contribution in [3.8, 4) is 5.88 Å². The highest BCUT2D eigenvalue weighted by atomic mass is 35.5. The molecule has 2 aromatic rings. The summed E-state index contributed by atoms with van der Waals surface area (Å²) in [4.78, 5) is 25.1. The number of hydrogen-bond donors (Lipinski definition) is 1. The van der Waals surface area contributed by atoms with Gasteiger partial charge in [-0.05, 0) is 43.4 Å². The van der Waals surface area contributed by atoms with E-state index in [-0.39, 0.29) is 24.6 Å². The van der Waals surface area contributed by atoms with Crippen LogP contribution in [-0.2, 0) is 17.7 Å². The summed E-state index contributed by atoms with van der Waals surface area (Å²) >= 11 is 5.98. The summed E-state index contributed by atoms with van der Waals surface area (Å²) < 4.78 is 7.87. The minimum absolute atomic E-state index is 0.156. The molecule has 6 nitrogen and oxygen atoms in total. The van der Waals surface area contributed by atoms with Crippen LogP contribution in [0.25, 0.3) is 0 Å². The number of hydrogen-bond acceptors (Lipinski definition) is 4. The molecule has 1 aliphatic carbocycles. The number of rotatable bonds is 5. The van der Waals surface area contributed by atoms with Gasteiger partial charge in [-0.2, -0.15) is 0 Å². The van der Waals surface area contributed by atoms with Crippen LogP contribution in [0.3, 0.4) is 0 Å². The van der Waals surface area contributed by atoms with Crippen molar-refractivity contribution < 1.29 is 9.84 Å². The highest BCUT2D eigenvalue weighted by Gasteiger charge is 2.31. The lowest BCUT2D eigenvalue weighted by atomic mass is 10.1. The Bertz CT molecular complexity index is 874. The third-order valence-corrected chi connectivity index (χ3v) is 5.00. The minimum atomic E-state index is -0.499. The van der Waals surface area contributed by atoms with E-state index in [1.165, 1.54) is 9.13 Å². The predicted octanol–water partition coefficient (Wildman–Crippen LogP) is 2.35. The molecule has 0 aliphatic heterocycles. The second kappa shape index (κ2) is 7.45. The van der Waals surface area contributed by atoms with Gasteiger partial charge in [0, 0.05) is 18.7 Å². The molecule has 1 aromatic carbocycles. The fourth-order valence-corrected chi connectivity index (χ4v) is 3.72. The molecule has 0 amide bonds. The molecule has 1 saturated carbocycles. The van der Waals surface area contributed by atoms with Crippen molar-refractivity contribution in [1.82, 2.24) is 9.13 Å². The molecule has 0 spiro atoms. The average molecular weight is 365 g/mol. The maximum absolute atomic E-state index is 12.8. The number of ether oxygens (including phenoxy) is 1. The van der Waals surface area contributed by atoms with Gasteiger partial charge >= 0.3 is 5.69 Å². The van der Waals surface area contributed by atoms with Crippen LogP contribution < -0.4 is 11.2 Å². The number of aryl methyl sites for hydroxylation is 1. The second-order valence-electron chi connectivity index (χ2n) is 6.30. The first-order valence-corrected chi connectivity index (χ1v) is 8.71. The molecule has 134 valence electrons. The predicted molar refractivity (Wildman–Crippen MR) is 95.5 cm³/mol. The summed E-state index contributed by atoms with van der Waals surface area (Å²) in [7, 11) is 1.59. The zero-order chi connectivity index (χ0) is 18.0. The lowest BCUT2D eigenvalue weighted by Gasteiger charge is -2.21. The Morgan fingerprint density at radius 1 is 1.28 bits per heavy atom. The Labute approximate surface area is 150 Å². The van der Waals surface area contributed by atoms with Crippen molar-refractivity contribution in [3.63, 3.8) is 0 Å². The zero-order valence-corrected chi connectivity index (χ0v) is 14.8. The molecule has 0 unspecified atom stereocenters. The van der Waals surface area contributed by atoms with Crippen molar-refractivity contribution >= 4 is 11.6 Å². The fourth-order valence-electron chi connectivity index (χ4n) is 3.51. The summed E-state index contributed by atoms with van der Waals surface area (Å²) in [6, 6.07) is 8.15. The Morgan fingerprint density at radius 2 is 2.08 bits per heavy atom. The molecule has 0 bridgehead atoms. The van der Waals surface area contributed by atoms with E-state index in [0.717, 1.165) is 24.5 Å². The lowest BCUT2D eigenvalue weighted by Crippen LogP contribution is -2.44. The van der Waals surface area contributed by atoms with E-state index in [1.807, 2.05) is 18.2 Å². The number of nitrogens with zero attached hydrogens (tertiary/aromatic N) is 2. The van der Waals surface area contributed by atoms with Crippen LogP contribution in [-0.4, -0.2) is 27.5 Å². The van der Waals surface area contributed by atoms with Gasteiger partial charge in [0.25, 0.3) is 5.56 Å². The molecular formula is C18H21ClN2O4. The Balaban J connectivity index is 1.93. The largest absolute Gasteiger partial charge is 0.494 e. The quantitative estimate of drug-likeness (QED) is 0.883. The highest BCUT2D eigenvalue weighted by molar-refractivity contribution is 6.30. The van der Waals surface area contributed by atoms with E-state index in [0.29, 0.717) is 17.9 Å². The van der Waals surface area contributed by atoms with Gasteiger partial charge in [0.1, 0.15) is 0 Å². The molecule has 2 atom stereocenters. The van der Waals surface area contributed by atoms with Gasteiger partial charge in [-0.3, -0.25) is 13.9 Å². The van der Waals surface area contributed by atoms with Gasteiger partial charge < -0.3 is 9.84 Å². The molecule has 1 heterocycles. The van der Waals surface area contributed by atoms with E-state index in [1.54, 1.807) is 13.2 Å². The average Bonchev–Trinajstić information content (AvgIpc) is 3.02. The summed E-state index contributed by atoms with van der Waals surface area (Å²) in [6.07, 6.45) is 2.79. The van der Waals surface area contributed by atoms with Crippen LogP contribution in [0.1, 0.15) is 30.9 Å². The van der Waals surface area contributed by atoms with Crippen molar-refractivity contribution in [2.24, 2.45) is 0 Å². The monoisotopic (exact) mass is 364 g/mol. The SMILES string of the molecule is CO[C@H]1CCC[C@@H]1n1c(=O)cc(O)n(CCc2cccc(Cl)c2)c1=O. The first kappa shape index (κ1) is 17.8. The van der Waals surface area contributed by atoms with Gasteiger partial charge in [0.2, 0.25) is 5.88 Å². The summed E-state index contributed by atoms with van der Waals surface area (Å²) in [5.74, 6) is -0.319. The van der Waals surface area contributed by atoms with Gasteiger partial charge in [-0.1, -0.05) is 23.7 Å². The van der Waals surface area contributed by atoms with Crippen LogP contribution >= 0.6 is 11.6 Å². The second-order valence-corrected chi connectivity index (χ2v) is 6.73. The third kappa shape index (κ3) is 3.65. The van der Waals surface area contributed by atoms with E-state index in [2.05, 4.69) is 0 Å². The van der Waals surface area contributed by atoms with Gasteiger partial charge in [-0.25, -0.2) is 4.79 Å². The first-order chi connectivity index (χ1) is 12.0. The standard InChI is InChI=1S/C18H21ClN2O4/c1-25-15-7-3-6-14(15)21-17(23)11-16(22)20(18(21)24)9-8-12-4-2-5-13(19)10-12/h2,4-5,10-11,14-15,22H,3,6-9H2,1H3/t14-,15-/m0/s1. The molecule has 3 rings (SSSR count). The third-order valence-electron chi connectivity index (χ3n) is 4.77. The van der Waals surface area contributed by atoms with Crippen molar-refractivity contribution in [3.05, 3.63) is 61.8 Å². The topological polar surface area (TPSA) is 73.5 Å². The lowest BCUT2D eigenvalue weighted by molar-refractivity contribution is 0.0714. The number of aromatic hydroxyl groups is 1. The minimum Gasteiger partial charge on any atom is -0.494 e. The molecule has 0 saturated heterocycles. The molecule has 0 radical (unpaired) electrons. The molecular weight excluding hydrogens is 344 g/mol. The van der Waals surface area contributed by atoms with Crippen LogP contribution in [0.4, 0.5) is 0 Å².